The molecule has 3 rings (SSSR count). The number of hydrogen-bond donors (Lipinski definition) is 3. The minimum atomic E-state index is -1.48. The molecule has 0 radical (unpaired) electrons. The fourth-order valence-corrected chi connectivity index (χ4v) is 2.76. The molecule has 0 bridgehead atoms. The van der Waals surface area contributed by atoms with Crippen LogP contribution < -0.4 is 0 Å². The number of aliphatic imine (C=N–C) groups is 2. The van der Waals surface area contributed by atoms with Gasteiger partial charge in [0.05, 0.1) is 28.7 Å². The van der Waals surface area contributed by atoms with Crippen LogP contribution in [-0.2, 0) is 5.66 Å². The second kappa shape index (κ2) is 9.25. The fourth-order valence-electron chi connectivity index (χ4n) is 2.76. The van der Waals surface area contributed by atoms with Gasteiger partial charge in [-0.05, 0) is 25.1 Å². The van der Waals surface area contributed by atoms with E-state index in [9.17, 15) is 14.4 Å². The summed E-state index contributed by atoms with van der Waals surface area (Å²) in [6.07, 6.45) is 3.31. The van der Waals surface area contributed by atoms with E-state index in [1.165, 1.54) is 0 Å². The maximum absolute atomic E-state index is 10.6. The molecule has 2 aromatic rings. The summed E-state index contributed by atoms with van der Waals surface area (Å²) in [4.78, 5) is 40.4. The van der Waals surface area contributed by atoms with Crippen LogP contribution in [0.1, 0.15) is 43.6 Å². The molecule has 0 saturated heterocycles. The number of carboxylic acid groups (broad SMARTS) is 3. The van der Waals surface area contributed by atoms with Crippen LogP contribution in [0.2, 0.25) is 0 Å². The fraction of sp³-hybridized carbons (Fsp3) is 0.143. The second-order valence-corrected chi connectivity index (χ2v) is 6.18. The van der Waals surface area contributed by atoms with Gasteiger partial charge in [0, 0.05) is 18.0 Å². The van der Waals surface area contributed by atoms with Crippen molar-refractivity contribution in [2.24, 2.45) is 15.9 Å². The molecule has 152 valence electrons. The van der Waals surface area contributed by atoms with Crippen LogP contribution in [0, 0.1) is 17.2 Å². The van der Waals surface area contributed by atoms with Gasteiger partial charge in [0.1, 0.15) is 0 Å². The maximum Gasteiger partial charge on any atom is 0.336 e. The first kappa shape index (κ1) is 22.0. The van der Waals surface area contributed by atoms with Gasteiger partial charge >= 0.3 is 17.9 Å². The van der Waals surface area contributed by atoms with Gasteiger partial charge in [0.15, 0.2) is 5.66 Å². The molecule has 0 amide bonds. The highest BCUT2D eigenvalue weighted by atomic mass is 16.4. The molecule has 3 N–H and O–H groups in total. The van der Waals surface area contributed by atoms with E-state index in [1.807, 2.05) is 37.3 Å². The van der Waals surface area contributed by atoms with Crippen LogP contribution in [-0.4, -0.2) is 45.7 Å². The number of carboxylic acids is 3. The molecule has 1 aliphatic rings. The minimum Gasteiger partial charge on any atom is -0.478 e. The second-order valence-electron chi connectivity index (χ2n) is 6.18. The molecule has 1 atom stereocenters. The van der Waals surface area contributed by atoms with E-state index in [0.717, 1.165) is 23.8 Å². The molecule has 9 heteroatoms. The Morgan fingerprint density at radius 3 is 1.93 bits per heavy atom. The van der Waals surface area contributed by atoms with E-state index in [1.54, 1.807) is 12.4 Å². The van der Waals surface area contributed by atoms with Crippen molar-refractivity contribution in [1.82, 2.24) is 0 Å². The van der Waals surface area contributed by atoms with Gasteiger partial charge in [-0.1, -0.05) is 30.3 Å². The van der Waals surface area contributed by atoms with E-state index in [-0.39, 0.29) is 11.5 Å². The predicted molar refractivity (Wildman–Crippen MR) is 107 cm³/mol. The molecule has 1 aliphatic heterocycles. The number of hydrogen-bond acceptors (Lipinski definition) is 6. The molecular formula is C21H17N3O6. The van der Waals surface area contributed by atoms with Gasteiger partial charge in [-0.2, -0.15) is 5.26 Å². The quantitative estimate of drug-likeness (QED) is 0.686. The Balaban J connectivity index is 0.000000214. The first-order chi connectivity index (χ1) is 14.2. The predicted octanol–water partition coefficient (Wildman–Crippen LogP) is 2.94. The zero-order chi connectivity index (χ0) is 22.3. The Hall–Kier alpha value is -4.32. The summed E-state index contributed by atoms with van der Waals surface area (Å²) >= 11 is 0. The van der Waals surface area contributed by atoms with Crippen molar-refractivity contribution in [2.75, 3.05) is 0 Å². The summed E-state index contributed by atoms with van der Waals surface area (Å²) in [5, 5.41) is 34.9. The number of rotatable bonds is 5. The van der Waals surface area contributed by atoms with Crippen LogP contribution in [0.4, 0.5) is 0 Å². The topological polar surface area (TPSA) is 160 Å². The number of benzene rings is 2. The number of nitriles is 1. The summed E-state index contributed by atoms with van der Waals surface area (Å²) in [7, 11) is 0. The molecule has 0 aromatic heterocycles. The number of nitrogens with zero attached hydrogens (tertiary/aromatic N) is 3. The maximum atomic E-state index is 10.6. The molecular weight excluding hydrogens is 390 g/mol. The zero-order valence-electron chi connectivity index (χ0n) is 15.8. The number of aromatic carboxylic acids is 3. The van der Waals surface area contributed by atoms with Crippen LogP contribution in [0.5, 0.6) is 0 Å². The SMILES string of the molecule is CC(C#N)C1(c2ccccc2)N=CC=N1.O=C(O)c1ccc(C(=O)O)c(C(=O)O)c1. The van der Waals surface area contributed by atoms with Crippen molar-refractivity contribution in [3.63, 3.8) is 0 Å². The average Bonchev–Trinajstić information content (AvgIpc) is 3.25. The molecule has 1 unspecified atom stereocenters. The highest BCUT2D eigenvalue weighted by Crippen LogP contribution is 2.36. The van der Waals surface area contributed by atoms with Crippen molar-refractivity contribution < 1.29 is 29.7 Å². The van der Waals surface area contributed by atoms with Gasteiger partial charge in [0.25, 0.3) is 0 Å². The summed E-state index contributed by atoms with van der Waals surface area (Å²) in [5.74, 6) is -4.47. The molecule has 0 aliphatic carbocycles. The third-order valence-corrected chi connectivity index (χ3v) is 4.33. The van der Waals surface area contributed by atoms with Crippen molar-refractivity contribution in [3.8, 4) is 6.07 Å². The smallest absolute Gasteiger partial charge is 0.336 e. The standard InChI is InChI=1S/C12H11N3.C9H6O6/c1-10(9-13)12(14-7-8-15-12)11-5-3-2-4-6-11;10-7(11)4-1-2-5(8(12)13)6(3-4)9(14)15/h2-8,10H,1H3;1-3H,(H,10,11)(H,12,13)(H,14,15). The third-order valence-electron chi connectivity index (χ3n) is 4.33. The van der Waals surface area contributed by atoms with Gasteiger partial charge in [0.2, 0.25) is 0 Å². The summed E-state index contributed by atoms with van der Waals surface area (Å²) < 4.78 is 0. The van der Waals surface area contributed by atoms with E-state index in [4.69, 9.17) is 20.6 Å². The van der Waals surface area contributed by atoms with Gasteiger partial charge in [-0.25, -0.2) is 14.4 Å². The zero-order valence-corrected chi connectivity index (χ0v) is 15.8. The van der Waals surface area contributed by atoms with Crippen molar-refractivity contribution in [2.45, 2.75) is 12.6 Å². The molecule has 0 spiro atoms. The lowest BCUT2D eigenvalue weighted by atomic mass is 9.89. The monoisotopic (exact) mass is 407 g/mol. The Bertz CT molecular complexity index is 1060. The lowest BCUT2D eigenvalue weighted by Gasteiger charge is -2.25. The van der Waals surface area contributed by atoms with E-state index < -0.39 is 34.7 Å². The minimum absolute atomic E-state index is 0.266. The largest absolute Gasteiger partial charge is 0.478 e. The summed E-state index contributed by atoms with van der Waals surface area (Å²) in [5.41, 5.74) is -1.01. The Morgan fingerprint density at radius 2 is 1.47 bits per heavy atom. The summed E-state index contributed by atoms with van der Waals surface area (Å²) in [6.45, 7) is 1.84. The number of carbonyl (C=O) groups is 3. The summed E-state index contributed by atoms with van der Waals surface area (Å²) in [6, 6.07) is 14.7. The van der Waals surface area contributed by atoms with Crippen molar-refractivity contribution in [3.05, 3.63) is 70.8 Å². The van der Waals surface area contributed by atoms with E-state index >= 15 is 0 Å². The highest BCUT2D eigenvalue weighted by Gasteiger charge is 2.38. The van der Waals surface area contributed by atoms with Gasteiger partial charge in [-0.15, -0.1) is 0 Å². The first-order valence-electron chi connectivity index (χ1n) is 8.61. The lowest BCUT2D eigenvalue weighted by Crippen LogP contribution is -2.26. The van der Waals surface area contributed by atoms with E-state index in [2.05, 4.69) is 16.1 Å². The normalized spacial score (nSPS) is 14.1. The van der Waals surface area contributed by atoms with Crippen LogP contribution >= 0.6 is 0 Å². The van der Waals surface area contributed by atoms with Crippen molar-refractivity contribution >= 4 is 30.3 Å². The Labute approximate surface area is 171 Å². The Morgan fingerprint density at radius 1 is 0.900 bits per heavy atom. The molecule has 9 nitrogen and oxygen atoms in total. The van der Waals surface area contributed by atoms with Crippen LogP contribution in [0.25, 0.3) is 0 Å². The van der Waals surface area contributed by atoms with Crippen LogP contribution in [0.3, 0.4) is 0 Å². The first-order valence-corrected chi connectivity index (χ1v) is 8.61. The third kappa shape index (κ3) is 4.56. The molecule has 1 heterocycles. The van der Waals surface area contributed by atoms with E-state index in [0.29, 0.717) is 0 Å². The highest BCUT2D eigenvalue weighted by molar-refractivity contribution is 6.17. The van der Waals surface area contributed by atoms with Crippen molar-refractivity contribution in [1.29, 1.82) is 5.26 Å². The lowest BCUT2D eigenvalue weighted by molar-refractivity contribution is 0.0649. The molecule has 2 aromatic carbocycles. The molecule has 30 heavy (non-hydrogen) atoms. The van der Waals surface area contributed by atoms with Crippen LogP contribution in [0.15, 0.2) is 58.5 Å². The van der Waals surface area contributed by atoms with Gasteiger partial charge < -0.3 is 15.3 Å². The molecule has 0 saturated carbocycles. The molecule has 0 fully saturated rings. The average molecular weight is 407 g/mol. The van der Waals surface area contributed by atoms with Gasteiger partial charge in [-0.3, -0.25) is 9.98 Å². The Kier molecular flexibility index (Phi) is 6.78.